The Balaban J connectivity index is 2.20. The summed E-state index contributed by atoms with van der Waals surface area (Å²) < 4.78 is 0. The second-order valence-electron chi connectivity index (χ2n) is 4.07. The molecule has 1 aliphatic heterocycles. The van der Waals surface area contributed by atoms with Crippen molar-refractivity contribution in [1.29, 1.82) is 0 Å². The number of amides is 2. The Bertz CT molecular complexity index is 609. The molecule has 0 aromatic heterocycles. The molecule has 4 heteroatoms. The van der Waals surface area contributed by atoms with Crippen LogP contribution in [0.1, 0.15) is 27.6 Å². The predicted octanol–water partition coefficient (Wildman–Crippen LogP) is 2.39. The molecule has 0 fully saturated rings. The van der Waals surface area contributed by atoms with E-state index in [0.717, 1.165) is 15.8 Å². The molecule has 0 aliphatic carbocycles. The maximum Gasteiger partial charge on any atom is 0.285 e. The molecule has 3 rings (SSSR count). The highest BCUT2D eigenvalue weighted by Crippen LogP contribution is 2.27. The molecule has 1 aliphatic rings. The van der Waals surface area contributed by atoms with Crippen LogP contribution >= 0.6 is 0 Å². The van der Waals surface area contributed by atoms with Crippen LogP contribution in [0.3, 0.4) is 0 Å². The van der Waals surface area contributed by atoms with Gasteiger partial charge in [0.15, 0.2) is 0 Å². The molecule has 0 saturated carbocycles. The van der Waals surface area contributed by atoms with Gasteiger partial charge in [-0.05, 0) is 29.8 Å². The third-order valence-electron chi connectivity index (χ3n) is 2.97. The SMILES string of the molecule is CCON1C(=O)c2cc3ccccc3cc2C1=O. The number of benzene rings is 2. The third-order valence-corrected chi connectivity index (χ3v) is 2.97. The van der Waals surface area contributed by atoms with Gasteiger partial charge in [-0.2, -0.15) is 0 Å². The first-order valence-electron chi connectivity index (χ1n) is 5.77. The first-order valence-corrected chi connectivity index (χ1v) is 5.77. The molecule has 2 aromatic rings. The number of carbonyl (C=O) groups excluding carboxylic acids is 2. The van der Waals surface area contributed by atoms with Gasteiger partial charge in [-0.15, -0.1) is 5.06 Å². The Hall–Kier alpha value is -2.20. The van der Waals surface area contributed by atoms with Crippen LogP contribution in [-0.4, -0.2) is 23.5 Å². The van der Waals surface area contributed by atoms with E-state index >= 15 is 0 Å². The molecule has 0 atom stereocenters. The summed E-state index contributed by atoms with van der Waals surface area (Å²) in [4.78, 5) is 29.1. The van der Waals surface area contributed by atoms with E-state index in [2.05, 4.69) is 0 Å². The van der Waals surface area contributed by atoms with Crippen LogP contribution in [0.4, 0.5) is 0 Å². The van der Waals surface area contributed by atoms with Crippen molar-refractivity contribution in [1.82, 2.24) is 5.06 Å². The monoisotopic (exact) mass is 241 g/mol. The highest BCUT2D eigenvalue weighted by atomic mass is 16.7. The molecule has 2 aromatic carbocycles. The van der Waals surface area contributed by atoms with Crippen molar-refractivity contribution in [3.8, 4) is 0 Å². The lowest BCUT2D eigenvalue weighted by Crippen LogP contribution is -2.29. The summed E-state index contributed by atoms with van der Waals surface area (Å²) in [5, 5.41) is 2.72. The summed E-state index contributed by atoms with van der Waals surface area (Å²) in [5.74, 6) is -0.773. The van der Waals surface area contributed by atoms with Crippen molar-refractivity contribution < 1.29 is 14.4 Å². The molecule has 0 spiro atoms. The molecule has 0 radical (unpaired) electrons. The molecule has 90 valence electrons. The summed E-state index contributed by atoms with van der Waals surface area (Å²) in [6.07, 6.45) is 0. The maximum absolute atomic E-state index is 12.0. The van der Waals surface area contributed by atoms with E-state index in [9.17, 15) is 9.59 Å². The zero-order valence-corrected chi connectivity index (χ0v) is 9.84. The average Bonchev–Trinajstić information content (AvgIpc) is 2.62. The molecule has 2 amide bonds. The van der Waals surface area contributed by atoms with E-state index < -0.39 is 0 Å². The van der Waals surface area contributed by atoms with E-state index in [0.29, 0.717) is 11.1 Å². The normalized spacial score (nSPS) is 14.4. The highest BCUT2D eigenvalue weighted by molar-refractivity contribution is 6.22. The van der Waals surface area contributed by atoms with Gasteiger partial charge in [0.05, 0.1) is 17.7 Å². The Labute approximate surface area is 104 Å². The lowest BCUT2D eigenvalue weighted by Gasteiger charge is -2.10. The van der Waals surface area contributed by atoms with Crippen LogP contribution in [0.2, 0.25) is 0 Å². The van der Waals surface area contributed by atoms with Crippen molar-refractivity contribution >= 4 is 22.6 Å². The molecule has 0 saturated heterocycles. The van der Waals surface area contributed by atoms with Crippen molar-refractivity contribution in [2.24, 2.45) is 0 Å². The molecule has 1 heterocycles. The second kappa shape index (κ2) is 3.92. The van der Waals surface area contributed by atoms with Crippen LogP contribution in [0.25, 0.3) is 10.8 Å². The predicted molar refractivity (Wildman–Crippen MR) is 66.1 cm³/mol. The van der Waals surface area contributed by atoms with Crippen LogP contribution in [-0.2, 0) is 4.84 Å². The maximum atomic E-state index is 12.0. The van der Waals surface area contributed by atoms with Gasteiger partial charge in [0.2, 0.25) is 0 Å². The third kappa shape index (κ3) is 1.43. The average molecular weight is 241 g/mol. The number of rotatable bonds is 2. The summed E-state index contributed by atoms with van der Waals surface area (Å²) in [7, 11) is 0. The minimum atomic E-state index is -0.386. The zero-order chi connectivity index (χ0) is 12.7. The number of imide groups is 1. The van der Waals surface area contributed by atoms with Crippen molar-refractivity contribution in [3.63, 3.8) is 0 Å². The molecular formula is C14H11NO3. The second-order valence-corrected chi connectivity index (χ2v) is 4.07. The van der Waals surface area contributed by atoms with Gasteiger partial charge in [-0.3, -0.25) is 14.4 Å². The zero-order valence-electron chi connectivity index (χ0n) is 9.84. The quantitative estimate of drug-likeness (QED) is 0.758. The van der Waals surface area contributed by atoms with Crippen molar-refractivity contribution in [3.05, 3.63) is 47.5 Å². The van der Waals surface area contributed by atoms with Gasteiger partial charge in [0.1, 0.15) is 0 Å². The number of fused-ring (bicyclic) bond motifs is 2. The fraction of sp³-hybridized carbons (Fsp3) is 0.143. The Kier molecular flexibility index (Phi) is 2.38. The first-order chi connectivity index (χ1) is 8.72. The standard InChI is InChI=1S/C14H11NO3/c1-2-18-15-13(16)11-7-9-5-3-4-6-10(9)8-12(11)14(15)17/h3-8H,2H2,1H3. The Morgan fingerprint density at radius 3 is 1.94 bits per heavy atom. The topological polar surface area (TPSA) is 46.6 Å². The van der Waals surface area contributed by atoms with Crippen LogP contribution < -0.4 is 0 Å². The fourth-order valence-electron chi connectivity index (χ4n) is 2.15. The number of carbonyl (C=O) groups is 2. The smallest absolute Gasteiger partial charge is 0.266 e. The largest absolute Gasteiger partial charge is 0.285 e. The molecule has 0 bridgehead atoms. The van der Waals surface area contributed by atoms with Gasteiger partial charge in [-0.25, -0.2) is 0 Å². The van der Waals surface area contributed by atoms with Crippen LogP contribution in [0.5, 0.6) is 0 Å². The fourth-order valence-corrected chi connectivity index (χ4v) is 2.15. The van der Waals surface area contributed by atoms with E-state index in [4.69, 9.17) is 4.84 Å². The van der Waals surface area contributed by atoms with Gasteiger partial charge in [-0.1, -0.05) is 24.3 Å². The Morgan fingerprint density at radius 1 is 1.00 bits per heavy atom. The summed E-state index contributed by atoms with van der Waals surface area (Å²) in [6, 6.07) is 11.1. The van der Waals surface area contributed by atoms with Crippen LogP contribution in [0.15, 0.2) is 36.4 Å². The number of hydrogen-bond acceptors (Lipinski definition) is 3. The minimum absolute atomic E-state index is 0.283. The molecule has 0 unspecified atom stereocenters. The van der Waals surface area contributed by atoms with E-state index in [1.54, 1.807) is 19.1 Å². The van der Waals surface area contributed by atoms with E-state index in [1.165, 1.54) is 0 Å². The van der Waals surface area contributed by atoms with Crippen LogP contribution in [0, 0.1) is 0 Å². The summed E-state index contributed by atoms with van der Waals surface area (Å²) >= 11 is 0. The van der Waals surface area contributed by atoms with Crippen molar-refractivity contribution in [2.45, 2.75) is 6.92 Å². The van der Waals surface area contributed by atoms with Gasteiger partial charge in [0, 0.05) is 0 Å². The number of hydrogen-bond donors (Lipinski definition) is 0. The van der Waals surface area contributed by atoms with Gasteiger partial charge >= 0.3 is 0 Å². The lowest BCUT2D eigenvalue weighted by atomic mass is 10.0. The first kappa shape index (κ1) is 10.9. The van der Waals surface area contributed by atoms with Crippen molar-refractivity contribution in [2.75, 3.05) is 6.61 Å². The lowest BCUT2D eigenvalue weighted by molar-refractivity contribution is -0.0863. The number of hydroxylamine groups is 2. The van der Waals surface area contributed by atoms with E-state index in [-0.39, 0.29) is 18.4 Å². The molecule has 18 heavy (non-hydrogen) atoms. The summed E-state index contributed by atoms with van der Waals surface area (Å²) in [6.45, 7) is 2.02. The minimum Gasteiger partial charge on any atom is -0.266 e. The summed E-state index contributed by atoms with van der Waals surface area (Å²) in [5.41, 5.74) is 0.819. The highest BCUT2D eigenvalue weighted by Gasteiger charge is 2.36. The molecular weight excluding hydrogens is 230 g/mol. The molecule has 0 N–H and O–H groups in total. The number of nitrogens with zero attached hydrogens (tertiary/aromatic N) is 1. The van der Waals surface area contributed by atoms with Gasteiger partial charge < -0.3 is 0 Å². The Morgan fingerprint density at radius 2 is 1.50 bits per heavy atom. The molecule has 4 nitrogen and oxygen atoms in total. The van der Waals surface area contributed by atoms with Gasteiger partial charge in [0.25, 0.3) is 11.8 Å². The van der Waals surface area contributed by atoms with E-state index in [1.807, 2.05) is 24.3 Å².